The van der Waals surface area contributed by atoms with Crippen LogP contribution in [0, 0.1) is 6.92 Å². The highest BCUT2D eigenvalue weighted by atomic mass is 16.2. The number of urea groups is 1. The average molecular weight is 341 g/mol. The third-order valence-electron chi connectivity index (χ3n) is 4.77. The Morgan fingerprint density at radius 3 is 2.56 bits per heavy atom. The summed E-state index contributed by atoms with van der Waals surface area (Å²) in [6.07, 6.45) is 4.73. The summed E-state index contributed by atoms with van der Waals surface area (Å²) in [6.45, 7) is 8.11. The van der Waals surface area contributed by atoms with E-state index in [4.69, 9.17) is 0 Å². The molecule has 2 heterocycles. The molecule has 1 aliphatic rings. The lowest BCUT2D eigenvalue weighted by molar-refractivity contribution is 0.136. The van der Waals surface area contributed by atoms with Crippen molar-refractivity contribution in [2.24, 2.45) is 0 Å². The van der Waals surface area contributed by atoms with Crippen LogP contribution in [0.15, 0.2) is 42.7 Å². The number of carbonyl (C=O) groups excluding carboxylic acids is 1. The van der Waals surface area contributed by atoms with Gasteiger partial charge in [-0.15, -0.1) is 0 Å². The summed E-state index contributed by atoms with van der Waals surface area (Å²) < 4.78 is 2.17. The molecular weight excluding hydrogens is 314 g/mol. The van der Waals surface area contributed by atoms with Crippen molar-refractivity contribution in [3.05, 3.63) is 54.1 Å². The highest BCUT2D eigenvalue weighted by molar-refractivity contribution is 5.74. The minimum atomic E-state index is 0.0565. The molecule has 3 rings (SSSR count). The second kappa shape index (κ2) is 8.67. The van der Waals surface area contributed by atoms with E-state index < -0.39 is 0 Å². The largest absolute Gasteiger partial charge is 0.338 e. The van der Waals surface area contributed by atoms with Crippen molar-refractivity contribution < 1.29 is 4.79 Å². The van der Waals surface area contributed by atoms with E-state index >= 15 is 0 Å². The molecule has 1 N–H and O–H groups in total. The van der Waals surface area contributed by atoms with Gasteiger partial charge in [-0.05, 0) is 18.9 Å². The molecule has 25 heavy (non-hydrogen) atoms. The lowest BCUT2D eigenvalue weighted by Crippen LogP contribution is -2.52. The molecule has 6 nitrogen and oxygen atoms in total. The fourth-order valence-corrected chi connectivity index (χ4v) is 3.13. The molecule has 1 aromatic carbocycles. The first kappa shape index (κ1) is 17.5. The fourth-order valence-electron chi connectivity index (χ4n) is 3.13. The number of piperazine rings is 1. The first-order chi connectivity index (χ1) is 12.2. The van der Waals surface area contributed by atoms with E-state index in [-0.39, 0.29) is 6.03 Å². The molecule has 0 saturated carbocycles. The molecule has 1 fully saturated rings. The van der Waals surface area contributed by atoms with E-state index in [2.05, 4.69) is 31.9 Å². The topological polar surface area (TPSA) is 53.4 Å². The predicted octanol–water partition coefficient (Wildman–Crippen LogP) is 1.76. The van der Waals surface area contributed by atoms with Gasteiger partial charge < -0.3 is 14.8 Å². The van der Waals surface area contributed by atoms with Crippen molar-refractivity contribution in [1.82, 2.24) is 24.7 Å². The molecule has 2 amide bonds. The van der Waals surface area contributed by atoms with Gasteiger partial charge in [-0.25, -0.2) is 9.78 Å². The summed E-state index contributed by atoms with van der Waals surface area (Å²) in [6, 6.07) is 10.3. The van der Waals surface area contributed by atoms with Gasteiger partial charge in [-0.2, -0.15) is 0 Å². The van der Waals surface area contributed by atoms with Crippen LogP contribution in [-0.2, 0) is 13.0 Å². The van der Waals surface area contributed by atoms with Crippen molar-refractivity contribution in [2.45, 2.75) is 19.9 Å². The maximum absolute atomic E-state index is 12.3. The van der Waals surface area contributed by atoms with Gasteiger partial charge >= 0.3 is 6.03 Å². The van der Waals surface area contributed by atoms with Crippen LogP contribution in [-0.4, -0.2) is 64.7 Å². The fraction of sp³-hybridized carbons (Fsp3) is 0.474. The van der Waals surface area contributed by atoms with Crippen molar-refractivity contribution in [3.63, 3.8) is 0 Å². The van der Waals surface area contributed by atoms with E-state index in [0.29, 0.717) is 6.54 Å². The molecule has 134 valence electrons. The smallest absolute Gasteiger partial charge is 0.317 e. The van der Waals surface area contributed by atoms with Crippen LogP contribution >= 0.6 is 0 Å². The maximum Gasteiger partial charge on any atom is 0.317 e. The molecule has 0 spiro atoms. The number of aromatic nitrogens is 2. The monoisotopic (exact) mass is 341 g/mol. The average Bonchev–Trinajstić information content (AvgIpc) is 3.06. The Balaban J connectivity index is 1.34. The normalized spacial score (nSPS) is 15.3. The summed E-state index contributed by atoms with van der Waals surface area (Å²) in [7, 11) is 0. The lowest BCUT2D eigenvalue weighted by Gasteiger charge is -2.34. The molecule has 2 aromatic rings. The van der Waals surface area contributed by atoms with Gasteiger partial charge in [0.2, 0.25) is 0 Å². The van der Waals surface area contributed by atoms with Gasteiger partial charge in [0.1, 0.15) is 5.82 Å². The minimum Gasteiger partial charge on any atom is -0.338 e. The third-order valence-corrected chi connectivity index (χ3v) is 4.77. The zero-order valence-corrected chi connectivity index (χ0v) is 14.9. The zero-order valence-electron chi connectivity index (χ0n) is 14.9. The van der Waals surface area contributed by atoms with Gasteiger partial charge in [0.25, 0.3) is 0 Å². The van der Waals surface area contributed by atoms with Crippen molar-refractivity contribution in [2.75, 3.05) is 39.3 Å². The van der Waals surface area contributed by atoms with Gasteiger partial charge in [-0.1, -0.05) is 30.3 Å². The van der Waals surface area contributed by atoms with Gasteiger partial charge in [-0.3, -0.25) is 4.90 Å². The van der Waals surface area contributed by atoms with E-state index in [1.165, 1.54) is 5.56 Å². The van der Waals surface area contributed by atoms with Crippen LogP contribution in [0.5, 0.6) is 0 Å². The number of hydrogen-bond donors (Lipinski definition) is 1. The van der Waals surface area contributed by atoms with Crippen LogP contribution in [0.2, 0.25) is 0 Å². The molecule has 1 aliphatic heterocycles. The Morgan fingerprint density at radius 2 is 1.88 bits per heavy atom. The number of nitrogens with zero attached hydrogens (tertiary/aromatic N) is 4. The Labute approximate surface area is 149 Å². The number of nitrogens with one attached hydrogen (secondary N) is 1. The number of benzene rings is 1. The first-order valence-electron chi connectivity index (χ1n) is 8.99. The van der Waals surface area contributed by atoms with Crippen molar-refractivity contribution in [3.8, 4) is 0 Å². The van der Waals surface area contributed by atoms with E-state index in [0.717, 1.165) is 51.5 Å². The Kier molecular flexibility index (Phi) is 6.06. The molecule has 0 bridgehead atoms. The van der Waals surface area contributed by atoms with Crippen LogP contribution in [0.1, 0.15) is 11.4 Å². The van der Waals surface area contributed by atoms with Gasteiger partial charge in [0.15, 0.2) is 0 Å². The van der Waals surface area contributed by atoms with Gasteiger partial charge in [0, 0.05) is 58.2 Å². The van der Waals surface area contributed by atoms with Gasteiger partial charge in [0.05, 0.1) is 0 Å². The number of carbonyl (C=O) groups is 1. The van der Waals surface area contributed by atoms with Crippen LogP contribution in [0.25, 0.3) is 0 Å². The molecule has 1 aromatic heterocycles. The molecule has 1 saturated heterocycles. The minimum absolute atomic E-state index is 0.0565. The molecule has 0 unspecified atom stereocenters. The summed E-state index contributed by atoms with van der Waals surface area (Å²) >= 11 is 0. The van der Waals surface area contributed by atoms with Crippen molar-refractivity contribution >= 4 is 6.03 Å². The highest BCUT2D eigenvalue weighted by Crippen LogP contribution is 2.04. The highest BCUT2D eigenvalue weighted by Gasteiger charge is 2.20. The Morgan fingerprint density at radius 1 is 1.12 bits per heavy atom. The maximum atomic E-state index is 12.3. The van der Waals surface area contributed by atoms with Crippen LogP contribution < -0.4 is 5.32 Å². The summed E-state index contributed by atoms with van der Waals surface area (Å²) in [5.41, 5.74) is 1.25. The molecule has 6 heteroatoms. The summed E-state index contributed by atoms with van der Waals surface area (Å²) in [5, 5.41) is 3.03. The molecule has 0 aliphatic carbocycles. The second-order valence-corrected chi connectivity index (χ2v) is 6.46. The third kappa shape index (κ3) is 5.06. The molecule has 0 atom stereocenters. The Hall–Kier alpha value is -2.34. The first-order valence-corrected chi connectivity index (χ1v) is 8.99. The quantitative estimate of drug-likeness (QED) is 0.871. The van der Waals surface area contributed by atoms with E-state index in [1.54, 1.807) is 0 Å². The van der Waals surface area contributed by atoms with Crippen molar-refractivity contribution in [1.29, 1.82) is 0 Å². The Bertz CT molecular complexity index is 661. The number of aryl methyl sites for hydroxylation is 1. The van der Waals surface area contributed by atoms with E-state index in [1.807, 2.05) is 42.4 Å². The summed E-state index contributed by atoms with van der Waals surface area (Å²) in [5.74, 6) is 1.05. The number of rotatable bonds is 6. The standard InChI is InChI=1S/C19H27N5O/c1-17-20-9-10-23(17)14-11-22-12-15-24(16-13-22)19(25)21-8-7-18-5-3-2-4-6-18/h2-6,9-10H,7-8,11-16H2,1H3,(H,21,25). The second-order valence-electron chi connectivity index (χ2n) is 6.46. The zero-order chi connectivity index (χ0) is 17.5. The number of imidazole rings is 1. The van der Waals surface area contributed by atoms with E-state index in [9.17, 15) is 4.79 Å². The predicted molar refractivity (Wildman–Crippen MR) is 98.5 cm³/mol. The number of hydrogen-bond acceptors (Lipinski definition) is 3. The SMILES string of the molecule is Cc1nccn1CCN1CCN(C(=O)NCCc2ccccc2)CC1. The molecule has 0 radical (unpaired) electrons. The molecular formula is C19H27N5O. The summed E-state index contributed by atoms with van der Waals surface area (Å²) in [4.78, 5) is 20.8. The van der Waals surface area contributed by atoms with Crippen LogP contribution in [0.3, 0.4) is 0 Å². The lowest BCUT2D eigenvalue weighted by atomic mass is 10.1. The van der Waals surface area contributed by atoms with Crippen LogP contribution in [0.4, 0.5) is 4.79 Å². The number of amides is 2.